The van der Waals surface area contributed by atoms with Gasteiger partial charge in [-0.1, -0.05) is 24.3 Å². The quantitative estimate of drug-likeness (QED) is 0.245. The monoisotopic (exact) mass is 521 g/mol. The van der Waals surface area contributed by atoms with E-state index in [-0.39, 0.29) is 38.1 Å². The summed E-state index contributed by atoms with van der Waals surface area (Å²) in [6, 6.07) is 10.0. The summed E-state index contributed by atoms with van der Waals surface area (Å²) < 4.78 is 117. The third kappa shape index (κ3) is 3.17. The minimum absolute atomic E-state index is 0.0746. The molecule has 2 aliphatic heterocycles. The molecule has 0 unspecified atom stereocenters. The van der Waals surface area contributed by atoms with Crippen LogP contribution in [-0.2, 0) is 12.4 Å². The first-order chi connectivity index (χ1) is 17.2. The van der Waals surface area contributed by atoms with E-state index in [2.05, 4.69) is 0 Å². The molecule has 0 amide bonds. The summed E-state index contributed by atoms with van der Waals surface area (Å²) in [6.07, 6.45) is -8.22. The Morgan fingerprint density at radius 2 is 1.43 bits per heavy atom. The molecule has 4 aromatic rings. The number of nitrogens with zero attached hydrogens (tertiary/aromatic N) is 3. The van der Waals surface area contributed by atoms with Gasteiger partial charge < -0.3 is 22.5 Å². The molecule has 3 heterocycles. The molecule has 2 aliphatic rings. The highest BCUT2D eigenvalue weighted by Gasteiger charge is 2.53. The van der Waals surface area contributed by atoms with Crippen molar-refractivity contribution in [2.45, 2.75) is 12.4 Å². The van der Waals surface area contributed by atoms with E-state index in [4.69, 9.17) is 0 Å². The third-order valence-corrected chi connectivity index (χ3v) is 6.77. The van der Waals surface area contributed by atoms with Gasteiger partial charge >= 0.3 is 19.3 Å². The fourth-order valence-electron chi connectivity index (χ4n) is 5.41. The van der Waals surface area contributed by atoms with Crippen molar-refractivity contribution in [2.75, 3.05) is 14.1 Å². The van der Waals surface area contributed by atoms with Gasteiger partial charge in [-0.3, -0.25) is 0 Å². The summed E-state index contributed by atoms with van der Waals surface area (Å²) in [5, 5.41) is 0.316. The average molecular weight is 521 g/mol. The zero-order valence-electron chi connectivity index (χ0n) is 19.2. The van der Waals surface area contributed by atoms with Crippen LogP contribution >= 0.6 is 0 Å². The van der Waals surface area contributed by atoms with Crippen molar-refractivity contribution in [2.24, 2.45) is 0 Å². The maximum atomic E-state index is 16.5. The van der Waals surface area contributed by atoms with Crippen LogP contribution in [0.3, 0.4) is 0 Å². The summed E-state index contributed by atoms with van der Waals surface area (Å²) in [5.74, 6) is 0. The summed E-state index contributed by atoms with van der Waals surface area (Å²) in [4.78, 5) is 1.54. The Labute approximate surface area is 203 Å². The molecule has 0 radical (unpaired) electrons. The predicted octanol–water partition coefficient (Wildman–Crippen LogP) is 5.30. The van der Waals surface area contributed by atoms with Crippen molar-refractivity contribution in [3.05, 3.63) is 87.0 Å². The van der Waals surface area contributed by atoms with Crippen LogP contribution in [0.5, 0.6) is 0 Å². The van der Waals surface area contributed by atoms with Crippen molar-refractivity contribution in [1.29, 1.82) is 0 Å². The Balaban J connectivity index is 1.93. The molecule has 3 nitrogen and oxygen atoms in total. The molecule has 0 saturated heterocycles. The van der Waals surface area contributed by atoms with Crippen LogP contribution in [0, 0.1) is 10.6 Å². The molecular formula is C25H16BF8N3. The molecule has 0 atom stereocenters. The third-order valence-electron chi connectivity index (χ3n) is 6.77. The Bertz CT molecular complexity index is 1870. The zero-order valence-corrected chi connectivity index (χ0v) is 19.2. The lowest BCUT2D eigenvalue weighted by atomic mass is 9.92. The van der Waals surface area contributed by atoms with Crippen LogP contribution in [-0.4, -0.2) is 30.4 Å². The van der Waals surface area contributed by atoms with Gasteiger partial charge in [0.1, 0.15) is 0 Å². The van der Waals surface area contributed by atoms with Crippen molar-refractivity contribution in [3.63, 3.8) is 0 Å². The lowest BCUT2D eigenvalue weighted by molar-refractivity contribution is -0.138. The minimum Gasteiger partial charge on any atom is -0.389 e. The lowest BCUT2D eigenvalue weighted by Crippen LogP contribution is -2.57. The van der Waals surface area contributed by atoms with E-state index in [0.29, 0.717) is 33.5 Å². The summed E-state index contributed by atoms with van der Waals surface area (Å²) in [6.45, 7) is -4.72. The minimum atomic E-state index is -4.86. The molecule has 0 saturated carbocycles. The smallest absolute Gasteiger partial charge is 0.389 e. The van der Waals surface area contributed by atoms with Gasteiger partial charge in [-0.2, -0.15) is 26.3 Å². The van der Waals surface area contributed by atoms with Crippen LogP contribution in [0.25, 0.3) is 28.1 Å². The summed E-state index contributed by atoms with van der Waals surface area (Å²) >= 11 is 0. The van der Waals surface area contributed by atoms with Gasteiger partial charge in [-0.05, 0) is 24.3 Å². The van der Waals surface area contributed by atoms with E-state index in [0.717, 1.165) is 16.6 Å². The van der Waals surface area contributed by atoms with Crippen molar-refractivity contribution in [3.8, 4) is 11.1 Å². The van der Waals surface area contributed by atoms with Gasteiger partial charge in [-0.15, -0.1) is 0 Å². The average Bonchev–Trinajstić information content (AvgIpc) is 3.30. The molecule has 0 N–H and O–H groups in total. The van der Waals surface area contributed by atoms with Crippen LogP contribution in [0.2, 0.25) is 0 Å². The molecule has 0 aliphatic carbocycles. The van der Waals surface area contributed by atoms with Gasteiger partial charge in [0.25, 0.3) is 0 Å². The fourth-order valence-corrected chi connectivity index (χ4v) is 5.41. The molecule has 12 heteroatoms. The fraction of sp³-hybridized carbons (Fsp3) is 0.160. The highest BCUT2D eigenvalue weighted by molar-refractivity contribution is 6.64. The molecule has 6 rings (SSSR count). The molecular weight excluding hydrogens is 505 g/mol. The maximum absolute atomic E-state index is 16.5. The van der Waals surface area contributed by atoms with Crippen LogP contribution in [0.4, 0.5) is 40.7 Å². The molecule has 190 valence electrons. The predicted molar refractivity (Wildman–Crippen MR) is 123 cm³/mol. The van der Waals surface area contributed by atoms with Crippen molar-refractivity contribution < 1.29 is 35.0 Å². The highest BCUT2D eigenvalue weighted by Crippen LogP contribution is 2.42. The van der Waals surface area contributed by atoms with E-state index >= 15 is 8.63 Å². The van der Waals surface area contributed by atoms with E-state index in [1.54, 1.807) is 43.3 Å². The second kappa shape index (κ2) is 7.14. The number of hydrogen-bond acceptors (Lipinski definition) is 1. The lowest BCUT2D eigenvalue weighted by Gasteiger charge is -2.26. The number of benzene rings is 3. The van der Waals surface area contributed by atoms with E-state index < -0.39 is 30.4 Å². The number of rotatable bonds is 1. The van der Waals surface area contributed by atoms with Gasteiger partial charge in [-0.25, -0.2) is 0 Å². The van der Waals surface area contributed by atoms with Crippen LogP contribution in [0.1, 0.15) is 11.1 Å². The Kier molecular flexibility index (Phi) is 4.55. The first-order valence-corrected chi connectivity index (χ1v) is 11.1. The normalized spacial score (nSPS) is 16.2. The maximum Gasteiger partial charge on any atom is 0.738 e. The van der Waals surface area contributed by atoms with Gasteiger partial charge in [0.05, 0.1) is 27.5 Å². The number of alkyl halides is 6. The van der Waals surface area contributed by atoms with Crippen LogP contribution in [0.15, 0.2) is 54.6 Å². The second-order valence-corrected chi connectivity index (χ2v) is 9.35. The van der Waals surface area contributed by atoms with Gasteiger partial charge in [0.2, 0.25) is 0 Å². The number of fused-ring (bicyclic) bond motifs is 6. The standard InChI is InChI=1S/C25H16BF8N3/c1-35(2)12-21-15-5-3-4-6-16(15)22-19-11-14(25(30,31)32)10-18-17-9-13(24(27,28)29)7-8-20(17)36(23(18)19)26(33,34)37(21)22/h3-12H,1-2H3/b21-12+. The molecule has 3 aromatic carbocycles. The van der Waals surface area contributed by atoms with E-state index in [1.807, 2.05) is 0 Å². The first-order valence-electron chi connectivity index (χ1n) is 11.1. The number of aromatic nitrogens is 1. The SMILES string of the molecule is CN(C)/C=c1\c2ccccc2c2n1[B-](F)(F)[N+]1=c3c(cc(C(F)(F)F)cc3=2)-c2cc(C(F)(F)F)ccc21. The van der Waals surface area contributed by atoms with Crippen molar-refractivity contribution >= 4 is 29.6 Å². The molecule has 1 aromatic heterocycles. The van der Waals surface area contributed by atoms with Gasteiger partial charge in [0, 0.05) is 47.8 Å². The van der Waals surface area contributed by atoms with E-state index in [9.17, 15) is 26.3 Å². The largest absolute Gasteiger partial charge is 0.738 e. The molecule has 0 spiro atoms. The van der Waals surface area contributed by atoms with Gasteiger partial charge in [0.15, 0.2) is 11.0 Å². The topological polar surface area (TPSA) is 11.2 Å². The Hall–Kier alpha value is -3.83. The molecule has 0 bridgehead atoms. The Morgan fingerprint density at radius 3 is 2.05 bits per heavy atom. The summed E-state index contributed by atoms with van der Waals surface area (Å²) in [5.41, 5.74) is -3.21. The Morgan fingerprint density at radius 1 is 0.811 bits per heavy atom. The first kappa shape index (κ1) is 23.6. The zero-order chi connectivity index (χ0) is 26.7. The number of halogens is 8. The highest BCUT2D eigenvalue weighted by atomic mass is 19.4. The molecule has 0 fully saturated rings. The van der Waals surface area contributed by atoms with Crippen molar-refractivity contribution in [1.82, 2.24) is 13.9 Å². The molecule has 37 heavy (non-hydrogen) atoms. The summed E-state index contributed by atoms with van der Waals surface area (Å²) in [7, 11) is 3.25. The second-order valence-electron chi connectivity index (χ2n) is 9.35. The van der Waals surface area contributed by atoms with Crippen LogP contribution < -0.4 is 15.2 Å². The van der Waals surface area contributed by atoms with E-state index in [1.165, 1.54) is 6.20 Å². The number of hydrogen-bond donors (Lipinski definition) is 0.